The molecule has 0 heterocycles. The third kappa shape index (κ3) is 4.06. The molecule has 1 fully saturated rings. The summed E-state index contributed by atoms with van der Waals surface area (Å²) in [6, 6.07) is 6.81. The number of hydrogen-bond acceptors (Lipinski definition) is 3. The van der Waals surface area contributed by atoms with Crippen LogP contribution in [0.2, 0.25) is 0 Å². The molecule has 1 aromatic carbocycles. The van der Waals surface area contributed by atoms with Gasteiger partial charge in [-0.1, -0.05) is 0 Å². The summed E-state index contributed by atoms with van der Waals surface area (Å²) in [5, 5.41) is 5.53. The van der Waals surface area contributed by atoms with Crippen molar-refractivity contribution in [3.8, 4) is 0 Å². The Morgan fingerprint density at radius 3 is 2.50 bits per heavy atom. The number of rotatable bonds is 6. The van der Waals surface area contributed by atoms with Gasteiger partial charge in [0.1, 0.15) is 0 Å². The zero-order valence-corrected chi connectivity index (χ0v) is 11.7. The van der Waals surface area contributed by atoms with Crippen molar-refractivity contribution in [3.63, 3.8) is 0 Å². The topological polar surface area (TPSA) is 84.2 Å². The second-order valence-electron chi connectivity index (χ2n) is 5.19. The maximum atomic E-state index is 11.8. The molecule has 5 heteroatoms. The third-order valence-corrected chi connectivity index (χ3v) is 3.42. The summed E-state index contributed by atoms with van der Waals surface area (Å²) in [6.45, 7) is 2.46. The van der Waals surface area contributed by atoms with Gasteiger partial charge in [0.25, 0.3) is 5.91 Å². The number of hydrogen-bond donors (Lipinski definition) is 3. The van der Waals surface area contributed by atoms with Gasteiger partial charge in [0.2, 0.25) is 5.91 Å². The highest BCUT2D eigenvalue weighted by Gasteiger charge is 2.29. The molecule has 0 bridgehead atoms. The van der Waals surface area contributed by atoms with Gasteiger partial charge in [0.15, 0.2) is 0 Å². The van der Waals surface area contributed by atoms with Crippen molar-refractivity contribution in [1.29, 1.82) is 0 Å². The smallest absolute Gasteiger partial charge is 0.251 e. The predicted octanol–water partition coefficient (Wildman–Crippen LogP) is 1.50. The van der Waals surface area contributed by atoms with Gasteiger partial charge in [0.05, 0.1) is 0 Å². The maximum Gasteiger partial charge on any atom is 0.251 e. The van der Waals surface area contributed by atoms with E-state index < -0.39 is 0 Å². The number of benzene rings is 1. The summed E-state index contributed by atoms with van der Waals surface area (Å²) in [5.74, 6) is 0.331. The summed E-state index contributed by atoms with van der Waals surface area (Å²) < 4.78 is 0. The highest BCUT2D eigenvalue weighted by atomic mass is 16.2. The second kappa shape index (κ2) is 6.52. The minimum absolute atomic E-state index is 0.0374. The average molecular weight is 275 g/mol. The van der Waals surface area contributed by atoms with Gasteiger partial charge in [-0.15, -0.1) is 0 Å². The average Bonchev–Trinajstić information content (AvgIpc) is 3.24. The minimum Gasteiger partial charge on any atom is -0.352 e. The summed E-state index contributed by atoms with van der Waals surface area (Å²) in [7, 11) is 0. The van der Waals surface area contributed by atoms with Gasteiger partial charge in [-0.05, 0) is 49.9 Å². The molecule has 2 amide bonds. The lowest BCUT2D eigenvalue weighted by Crippen LogP contribution is -2.28. The van der Waals surface area contributed by atoms with E-state index in [1.165, 1.54) is 0 Å². The Bertz CT molecular complexity index is 480. The zero-order chi connectivity index (χ0) is 14.5. The first-order valence-electron chi connectivity index (χ1n) is 7.04. The molecule has 0 aromatic heterocycles. The van der Waals surface area contributed by atoms with Crippen molar-refractivity contribution in [2.24, 2.45) is 11.7 Å². The fourth-order valence-electron chi connectivity index (χ4n) is 2.08. The SMILES string of the molecule is CCNC(=O)c1ccc(NC(=O)CC(N)C2CC2)cc1. The van der Waals surface area contributed by atoms with Crippen LogP contribution < -0.4 is 16.4 Å². The number of nitrogens with one attached hydrogen (secondary N) is 2. The second-order valence-corrected chi connectivity index (χ2v) is 5.19. The van der Waals surface area contributed by atoms with E-state index in [2.05, 4.69) is 10.6 Å². The molecule has 1 aliphatic carbocycles. The van der Waals surface area contributed by atoms with E-state index in [4.69, 9.17) is 5.73 Å². The van der Waals surface area contributed by atoms with Gasteiger partial charge in [-0.2, -0.15) is 0 Å². The molecule has 1 aromatic rings. The van der Waals surface area contributed by atoms with Crippen molar-refractivity contribution in [3.05, 3.63) is 29.8 Å². The monoisotopic (exact) mass is 275 g/mol. The standard InChI is InChI=1S/C15H21N3O2/c1-2-17-15(20)11-5-7-12(8-6-11)18-14(19)9-13(16)10-3-4-10/h5-8,10,13H,2-4,9,16H2,1H3,(H,17,20)(H,18,19). The Balaban J connectivity index is 1.86. The van der Waals surface area contributed by atoms with Crippen LogP contribution in [0, 0.1) is 5.92 Å². The van der Waals surface area contributed by atoms with Gasteiger partial charge >= 0.3 is 0 Å². The highest BCUT2D eigenvalue weighted by Crippen LogP contribution is 2.32. The molecule has 1 saturated carbocycles. The van der Waals surface area contributed by atoms with E-state index in [1.807, 2.05) is 6.92 Å². The summed E-state index contributed by atoms with van der Waals surface area (Å²) >= 11 is 0. The van der Waals surface area contributed by atoms with Crippen LogP contribution in [0.15, 0.2) is 24.3 Å². The summed E-state index contributed by atoms with van der Waals surface area (Å²) in [4.78, 5) is 23.4. The Kier molecular flexibility index (Phi) is 4.74. The largest absolute Gasteiger partial charge is 0.352 e. The molecule has 0 aliphatic heterocycles. The number of anilines is 1. The van der Waals surface area contributed by atoms with Crippen LogP contribution in [0.25, 0.3) is 0 Å². The quantitative estimate of drug-likeness (QED) is 0.735. The van der Waals surface area contributed by atoms with E-state index >= 15 is 0 Å². The first-order chi connectivity index (χ1) is 9.60. The lowest BCUT2D eigenvalue weighted by molar-refractivity contribution is -0.116. The van der Waals surface area contributed by atoms with E-state index in [0.29, 0.717) is 30.1 Å². The molecule has 108 valence electrons. The molecule has 20 heavy (non-hydrogen) atoms. The lowest BCUT2D eigenvalue weighted by Gasteiger charge is -2.11. The number of amides is 2. The van der Waals surface area contributed by atoms with Gasteiger partial charge in [-0.25, -0.2) is 0 Å². The molecular weight excluding hydrogens is 254 g/mol. The lowest BCUT2D eigenvalue weighted by atomic mass is 10.1. The number of carbonyl (C=O) groups excluding carboxylic acids is 2. The van der Waals surface area contributed by atoms with Crippen LogP contribution in [-0.2, 0) is 4.79 Å². The van der Waals surface area contributed by atoms with Crippen molar-refractivity contribution in [1.82, 2.24) is 5.32 Å². The number of nitrogens with two attached hydrogens (primary N) is 1. The molecule has 5 nitrogen and oxygen atoms in total. The van der Waals surface area contributed by atoms with Crippen molar-refractivity contribution in [2.45, 2.75) is 32.2 Å². The fraction of sp³-hybridized carbons (Fsp3) is 0.467. The Labute approximate surface area is 118 Å². The predicted molar refractivity (Wildman–Crippen MR) is 78.4 cm³/mol. The van der Waals surface area contributed by atoms with Crippen LogP contribution in [-0.4, -0.2) is 24.4 Å². The van der Waals surface area contributed by atoms with Crippen molar-refractivity contribution in [2.75, 3.05) is 11.9 Å². The Hall–Kier alpha value is -1.88. The molecule has 1 atom stereocenters. The highest BCUT2D eigenvalue weighted by molar-refractivity contribution is 5.95. The first-order valence-corrected chi connectivity index (χ1v) is 7.04. The van der Waals surface area contributed by atoms with Crippen LogP contribution in [0.3, 0.4) is 0 Å². The van der Waals surface area contributed by atoms with Crippen LogP contribution in [0.1, 0.15) is 36.5 Å². The maximum absolute atomic E-state index is 11.8. The molecule has 1 unspecified atom stereocenters. The van der Waals surface area contributed by atoms with E-state index in [9.17, 15) is 9.59 Å². The van der Waals surface area contributed by atoms with Crippen LogP contribution in [0.4, 0.5) is 5.69 Å². The normalized spacial score (nSPS) is 15.5. The van der Waals surface area contributed by atoms with E-state index in [-0.39, 0.29) is 17.9 Å². The molecule has 4 N–H and O–H groups in total. The molecule has 0 saturated heterocycles. The molecule has 2 rings (SSSR count). The van der Waals surface area contributed by atoms with Gasteiger partial charge in [0, 0.05) is 30.3 Å². The van der Waals surface area contributed by atoms with E-state index in [1.54, 1.807) is 24.3 Å². The summed E-state index contributed by atoms with van der Waals surface area (Å²) in [5.41, 5.74) is 7.19. The third-order valence-electron chi connectivity index (χ3n) is 3.42. The van der Waals surface area contributed by atoms with Crippen LogP contribution >= 0.6 is 0 Å². The first kappa shape index (κ1) is 14.5. The molecule has 1 aliphatic rings. The number of carbonyl (C=O) groups is 2. The van der Waals surface area contributed by atoms with Crippen molar-refractivity contribution >= 4 is 17.5 Å². The Morgan fingerprint density at radius 2 is 1.95 bits per heavy atom. The fourth-order valence-corrected chi connectivity index (χ4v) is 2.08. The molecule has 0 radical (unpaired) electrons. The Morgan fingerprint density at radius 1 is 1.30 bits per heavy atom. The molecular formula is C15H21N3O2. The van der Waals surface area contributed by atoms with E-state index in [0.717, 1.165) is 12.8 Å². The van der Waals surface area contributed by atoms with Gasteiger partial charge in [-0.3, -0.25) is 9.59 Å². The minimum atomic E-state index is -0.110. The van der Waals surface area contributed by atoms with Crippen molar-refractivity contribution < 1.29 is 9.59 Å². The van der Waals surface area contributed by atoms with Crippen LogP contribution in [0.5, 0.6) is 0 Å². The molecule has 0 spiro atoms. The summed E-state index contributed by atoms with van der Waals surface area (Å²) in [6.07, 6.45) is 2.62. The van der Waals surface area contributed by atoms with Gasteiger partial charge < -0.3 is 16.4 Å². The zero-order valence-electron chi connectivity index (χ0n) is 11.7.